The molecule has 0 aliphatic rings. The van der Waals surface area contributed by atoms with Gasteiger partial charge in [-0.3, -0.25) is 9.89 Å². The Balaban J connectivity index is 3.21. The van der Waals surface area contributed by atoms with Gasteiger partial charge in [-0.15, -0.1) is 0 Å². The summed E-state index contributed by atoms with van der Waals surface area (Å²) in [4.78, 5) is 14.0. The fraction of sp³-hybridized carbons (Fsp3) is 0.692. The van der Waals surface area contributed by atoms with Gasteiger partial charge in [0.15, 0.2) is 5.69 Å². The van der Waals surface area contributed by atoms with Crippen molar-refractivity contribution >= 4 is 15.9 Å². The van der Waals surface area contributed by atoms with Crippen LogP contribution in [0.15, 0.2) is 4.90 Å². The predicted octanol–water partition coefficient (Wildman–Crippen LogP) is 1.13. The minimum atomic E-state index is -3.99. The number of rotatable bonds is 7. The van der Waals surface area contributed by atoms with Crippen LogP contribution in [0.25, 0.3) is 0 Å². The molecule has 1 atom stereocenters. The van der Waals surface area contributed by atoms with E-state index in [9.17, 15) is 13.2 Å². The highest BCUT2D eigenvalue weighted by molar-refractivity contribution is 7.89. The van der Waals surface area contributed by atoms with Crippen molar-refractivity contribution in [1.29, 1.82) is 0 Å². The van der Waals surface area contributed by atoms with Gasteiger partial charge < -0.3 is 4.90 Å². The van der Waals surface area contributed by atoms with Gasteiger partial charge in [0.1, 0.15) is 4.90 Å². The van der Waals surface area contributed by atoms with Crippen molar-refractivity contribution < 1.29 is 13.2 Å². The molecule has 3 N–H and O–H groups in total. The lowest BCUT2D eigenvalue weighted by atomic mass is 10.1. The van der Waals surface area contributed by atoms with Crippen LogP contribution in [-0.2, 0) is 16.4 Å². The van der Waals surface area contributed by atoms with E-state index in [1.54, 1.807) is 11.8 Å². The van der Waals surface area contributed by atoms with E-state index in [4.69, 9.17) is 5.14 Å². The highest BCUT2D eigenvalue weighted by Crippen LogP contribution is 2.19. The molecule has 1 aromatic rings. The van der Waals surface area contributed by atoms with Crippen LogP contribution in [0.5, 0.6) is 0 Å². The van der Waals surface area contributed by atoms with Crippen molar-refractivity contribution in [3.63, 3.8) is 0 Å². The lowest BCUT2D eigenvalue weighted by Crippen LogP contribution is -2.35. The monoisotopic (exact) mass is 316 g/mol. The maximum absolute atomic E-state index is 12.5. The minimum absolute atomic E-state index is 0.112. The zero-order valence-electron chi connectivity index (χ0n) is 13.0. The molecule has 0 spiro atoms. The average Bonchev–Trinajstić information content (AvgIpc) is 2.87. The summed E-state index contributed by atoms with van der Waals surface area (Å²) in [6.07, 6.45) is 1.34. The van der Waals surface area contributed by atoms with Gasteiger partial charge in [0.2, 0.25) is 10.0 Å². The quantitative estimate of drug-likeness (QED) is 0.785. The Bertz CT molecular complexity index is 595. The number of amides is 1. The molecule has 1 amide bonds. The number of nitrogens with one attached hydrogen (secondary N) is 1. The molecule has 21 heavy (non-hydrogen) atoms. The van der Waals surface area contributed by atoms with Gasteiger partial charge >= 0.3 is 0 Å². The first-order valence-corrected chi connectivity index (χ1v) is 8.70. The van der Waals surface area contributed by atoms with Crippen molar-refractivity contribution in [3.05, 3.63) is 11.4 Å². The molecule has 1 aromatic heterocycles. The number of sulfonamides is 1. The van der Waals surface area contributed by atoms with Gasteiger partial charge in [0, 0.05) is 13.1 Å². The van der Waals surface area contributed by atoms with Crippen LogP contribution in [0.3, 0.4) is 0 Å². The second-order valence-electron chi connectivity index (χ2n) is 5.14. The first-order chi connectivity index (χ1) is 9.76. The molecule has 0 bridgehead atoms. The van der Waals surface area contributed by atoms with E-state index in [0.717, 1.165) is 6.42 Å². The van der Waals surface area contributed by atoms with E-state index in [1.165, 1.54) is 0 Å². The lowest BCUT2D eigenvalue weighted by molar-refractivity contribution is 0.0731. The number of nitrogens with zero attached hydrogens (tertiary/aromatic N) is 2. The highest BCUT2D eigenvalue weighted by atomic mass is 32.2. The maximum atomic E-state index is 12.5. The largest absolute Gasteiger partial charge is 0.337 e. The molecule has 0 aliphatic heterocycles. The molecule has 8 heteroatoms. The van der Waals surface area contributed by atoms with Crippen molar-refractivity contribution in [3.8, 4) is 0 Å². The third-order valence-corrected chi connectivity index (χ3v) is 4.54. The van der Waals surface area contributed by atoms with Crippen LogP contribution in [0.2, 0.25) is 0 Å². The van der Waals surface area contributed by atoms with E-state index < -0.39 is 15.9 Å². The molecule has 0 saturated heterocycles. The van der Waals surface area contributed by atoms with Gasteiger partial charge in [-0.25, -0.2) is 13.6 Å². The van der Waals surface area contributed by atoms with Gasteiger partial charge in [-0.1, -0.05) is 27.2 Å². The summed E-state index contributed by atoms with van der Waals surface area (Å²) >= 11 is 0. The normalized spacial score (nSPS) is 13.2. The van der Waals surface area contributed by atoms with Crippen molar-refractivity contribution in [2.75, 3.05) is 13.1 Å². The van der Waals surface area contributed by atoms with E-state index in [2.05, 4.69) is 10.2 Å². The molecular weight excluding hydrogens is 292 g/mol. The Kier molecular flexibility index (Phi) is 5.91. The lowest BCUT2D eigenvalue weighted by Gasteiger charge is -2.23. The number of primary sulfonamides is 1. The molecular formula is C13H24N4O3S. The molecule has 0 radical (unpaired) electrons. The molecule has 0 aliphatic carbocycles. The minimum Gasteiger partial charge on any atom is -0.337 e. The first kappa shape index (κ1) is 17.6. The van der Waals surface area contributed by atoms with E-state index in [1.807, 2.05) is 20.8 Å². The second kappa shape index (κ2) is 7.04. The Labute approximate surface area is 126 Å². The van der Waals surface area contributed by atoms with Gasteiger partial charge in [0.25, 0.3) is 5.91 Å². The fourth-order valence-electron chi connectivity index (χ4n) is 2.07. The van der Waals surface area contributed by atoms with Crippen LogP contribution in [0.4, 0.5) is 0 Å². The van der Waals surface area contributed by atoms with Crippen molar-refractivity contribution in [2.24, 2.45) is 11.1 Å². The Morgan fingerprint density at radius 2 is 2.00 bits per heavy atom. The predicted molar refractivity (Wildman–Crippen MR) is 80.4 cm³/mol. The number of carbonyl (C=O) groups is 1. The van der Waals surface area contributed by atoms with E-state index in [0.29, 0.717) is 31.1 Å². The van der Waals surface area contributed by atoms with Crippen LogP contribution in [-0.4, -0.2) is 42.5 Å². The zero-order chi connectivity index (χ0) is 16.2. The van der Waals surface area contributed by atoms with Gasteiger partial charge in [-0.2, -0.15) is 5.10 Å². The third-order valence-electron chi connectivity index (χ3n) is 3.53. The Hall–Kier alpha value is -1.41. The number of H-pyrrole nitrogens is 1. The zero-order valence-corrected chi connectivity index (χ0v) is 13.8. The summed E-state index contributed by atoms with van der Waals surface area (Å²) in [6.45, 7) is 8.75. The standard InChI is InChI=1S/C13H24N4O3S/c1-5-9(4)8-17(7-3)13(18)11-12(21(14,19)20)10(6-2)15-16-11/h9H,5-8H2,1-4H3,(H,15,16)(H2,14,19,20). The van der Waals surface area contributed by atoms with Crippen molar-refractivity contribution in [1.82, 2.24) is 15.1 Å². The summed E-state index contributed by atoms with van der Waals surface area (Å²) in [5.74, 6) is -0.0748. The number of aromatic nitrogens is 2. The smallest absolute Gasteiger partial charge is 0.275 e. The molecule has 1 rings (SSSR count). The number of aryl methyl sites for hydroxylation is 1. The molecule has 0 aromatic carbocycles. The van der Waals surface area contributed by atoms with Crippen LogP contribution >= 0.6 is 0 Å². The fourth-order valence-corrected chi connectivity index (χ4v) is 3.01. The van der Waals surface area contributed by atoms with Crippen LogP contribution in [0, 0.1) is 5.92 Å². The number of hydrogen-bond acceptors (Lipinski definition) is 4. The van der Waals surface area contributed by atoms with Crippen molar-refractivity contribution in [2.45, 2.75) is 45.4 Å². The molecule has 0 saturated carbocycles. The SMILES string of the molecule is CCc1[nH]nc(C(=O)N(CC)CC(C)CC)c1S(N)(=O)=O. The number of nitrogens with two attached hydrogens (primary N) is 1. The van der Waals surface area contributed by atoms with Crippen LogP contribution in [0.1, 0.15) is 50.3 Å². The third kappa shape index (κ3) is 4.04. The number of aromatic amines is 1. The number of carbonyl (C=O) groups excluding carboxylic acids is 1. The van der Waals surface area contributed by atoms with Gasteiger partial charge in [-0.05, 0) is 19.3 Å². The van der Waals surface area contributed by atoms with E-state index >= 15 is 0 Å². The Morgan fingerprint density at radius 3 is 2.43 bits per heavy atom. The molecule has 120 valence electrons. The summed E-state index contributed by atoms with van der Waals surface area (Å²) < 4.78 is 23.5. The first-order valence-electron chi connectivity index (χ1n) is 7.15. The highest BCUT2D eigenvalue weighted by Gasteiger charge is 2.29. The molecule has 7 nitrogen and oxygen atoms in total. The summed E-state index contributed by atoms with van der Waals surface area (Å²) in [6, 6.07) is 0. The maximum Gasteiger partial charge on any atom is 0.275 e. The molecule has 1 unspecified atom stereocenters. The Morgan fingerprint density at radius 1 is 1.38 bits per heavy atom. The van der Waals surface area contributed by atoms with Crippen LogP contribution < -0.4 is 5.14 Å². The summed E-state index contributed by atoms with van der Waals surface area (Å²) in [5.41, 5.74) is 0.250. The molecule has 1 heterocycles. The van der Waals surface area contributed by atoms with E-state index in [-0.39, 0.29) is 10.6 Å². The second-order valence-corrected chi connectivity index (χ2v) is 6.63. The van der Waals surface area contributed by atoms with Gasteiger partial charge in [0.05, 0.1) is 5.69 Å². The molecule has 0 fully saturated rings. The topological polar surface area (TPSA) is 109 Å². The summed E-state index contributed by atoms with van der Waals surface area (Å²) in [5, 5.41) is 11.7. The number of hydrogen-bond donors (Lipinski definition) is 2. The summed E-state index contributed by atoms with van der Waals surface area (Å²) in [7, 11) is -3.99. The average molecular weight is 316 g/mol.